The molecule has 0 saturated carbocycles. The highest BCUT2D eigenvalue weighted by Gasteiger charge is 2.29. The Morgan fingerprint density at radius 2 is 1.76 bits per heavy atom. The van der Waals surface area contributed by atoms with E-state index in [1.807, 2.05) is 0 Å². The summed E-state index contributed by atoms with van der Waals surface area (Å²) in [4.78, 5) is 11.8. The van der Waals surface area contributed by atoms with Crippen molar-refractivity contribution in [1.29, 1.82) is 0 Å². The van der Waals surface area contributed by atoms with E-state index in [1.54, 1.807) is 24.3 Å². The fourth-order valence-corrected chi connectivity index (χ4v) is 2.52. The van der Waals surface area contributed by atoms with Gasteiger partial charge >= 0.3 is 6.18 Å². The lowest BCUT2D eigenvalue weighted by atomic mass is 10.1. The van der Waals surface area contributed by atoms with Crippen LogP contribution in [0.4, 0.5) is 13.2 Å². The average molecular weight is 388 g/mol. The predicted octanol–water partition coefficient (Wildman–Crippen LogP) is 5.38. The van der Waals surface area contributed by atoms with Crippen molar-refractivity contribution in [2.24, 2.45) is 0 Å². The second-order valence-corrected chi connectivity index (χ2v) is 6.08. The number of amides is 1. The van der Waals surface area contributed by atoms with Crippen LogP contribution < -0.4 is 5.32 Å². The molecule has 0 unspecified atom stereocenters. The normalized spacial score (nSPS) is 11.7. The number of carbonyl (C=O) groups is 1. The molecule has 1 N–H and O–H groups in total. The summed E-state index contributed by atoms with van der Waals surface area (Å²) in [7, 11) is 0. The van der Waals surface area contributed by atoms with Crippen molar-refractivity contribution in [3.05, 3.63) is 75.3 Å². The van der Waals surface area contributed by atoms with Gasteiger partial charge in [0.25, 0.3) is 0 Å². The number of hydrogen-bond donors (Lipinski definition) is 1. The smallest absolute Gasteiger partial charge is 0.352 e. The zero-order valence-electron chi connectivity index (χ0n) is 12.9. The number of benzene rings is 2. The SMILES string of the molecule is O=C(/C=C/c1ccc(Cl)cc1Cl)NCCc1ccc(C(F)(F)F)cc1. The van der Waals surface area contributed by atoms with E-state index in [-0.39, 0.29) is 5.91 Å². The summed E-state index contributed by atoms with van der Waals surface area (Å²) in [5, 5.41) is 3.59. The second-order valence-electron chi connectivity index (χ2n) is 5.23. The quantitative estimate of drug-likeness (QED) is 0.685. The Kier molecular flexibility index (Phi) is 6.51. The van der Waals surface area contributed by atoms with Crippen LogP contribution in [0, 0.1) is 0 Å². The lowest BCUT2D eigenvalue weighted by molar-refractivity contribution is -0.137. The second kappa shape index (κ2) is 8.41. The minimum atomic E-state index is -4.35. The van der Waals surface area contributed by atoms with Crippen LogP contribution in [0.5, 0.6) is 0 Å². The van der Waals surface area contributed by atoms with Crippen LogP contribution in [0.3, 0.4) is 0 Å². The largest absolute Gasteiger partial charge is 0.416 e. The van der Waals surface area contributed by atoms with Gasteiger partial charge in [0.15, 0.2) is 0 Å². The highest BCUT2D eigenvalue weighted by Crippen LogP contribution is 2.29. The number of alkyl halides is 3. The van der Waals surface area contributed by atoms with Crippen LogP contribution >= 0.6 is 23.2 Å². The maximum absolute atomic E-state index is 12.5. The summed E-state index contributed by atoms with van der Waals surface area (Å²) < 4.78 is 37.4. The van der Waals surface area contributed by atoms with Crippen LogP contribution in [0.15, 0.2) is 48.5 Å². The first-order valence-electron chi connectivity index (χ1n) is 7.33. The first kappa shape index (κ1) is 19.3. The van der Waals surface area contributed by atoms with Gasteiger partial charge in [0.1, 0.15) is 0 Å². The third-order valence-corrected chi connectivity index (χ3v) is 3.93. The molecule has 0 fully saturated rings. The van der Waals surface area contributed by atoms with Gasteiger partial charge in [-0.15, -0.1) is 0 Å². The number of hydrogen-bond acceptors (Lipinski definition) is 1. The lowest BCUT2D eigenvalue weighted by Crippen LogP contribution is -2.23. The average Bonchev–Trinajstić information content (AvgIpc) is 2.53. The molecule has 0 aliphatic rings. The predicted molar refractivity (Wildman–Crippen MR) is 93.7 cm³/mol. The van der Waals surface area contributed by atoms with E-state index < -0.39 is 11.7 Å². The number of carbonyl (C=O) groups excluding carboxylic acids is 1. The van der Waals surface area contributed by atoms with E-state index in [0.717, 1.165) is 12.1 Å². The van der Waals surface area contributed by atoms with Crippen molar-refractivity contribution in [1.82, 2.24) is 5.32 Å². The van der Waals surface area contributed by atoms with E-state index in [1.165, 1.54) is 18.2 Å². The van der Waals surface area contributed by atoms with Crippen molar-refractivity contribution in [2.75, 3.05) is 6.54 Å². The first-order valence-corrected chi connectivity index (χ1v) is 8.08. The van der Waals surface area contributed by atoms with Crippen LogP contribution in [-0.4, -0.2) is 12.5 Å². The summed E-state index contributed by atoms with van der Waals surface area (Å²) in [6.45, 7) is 0.308. The Morgan fingerprint density at radius 3 is 2.36 bits per heavy atom. The Morgan fingerprint density at radius 1 is 1.08 bits per heavy atom. The van der Waals surface area contributed by atoms with Gasteiger partial charge in [-0.3, -0.25) is 4.79 Å². The molecule has 0 aliphatic carbocycles. The fraction of sp³-hybridized carbons (Fsp3) is 0.167. The van der Waals surface area contributed by atoms with Gasteiger partial charge in [0, 0.05) is 22.7 Å². The molecule has 132 valence electrons. The molecule has 0 bridgehead atoms. The lowest BCUT2D eigenvalue weighted by Gasteiger charge is -2.07. The van der Waals surface area contributed by atoms with Gasteiger partial charge in [-0.2, -0.15) is 13.2 Å². The standard InChI is InChI=1S/C18H14Cl2F3NO/c19-15-7-3-13(16(20)11-15)4-8-17(25)24-10-9-12-1-5-14(6-2-12)18(21,22)23/h1-8,11H,9-10H2,(H,24,25)/b8-4+. The Bertz CT molecular complexity index is 771. The molecule has 1 amide bonds. The van der Waals surface area contributed by atoms with Gasteiger partial charge in [0.2, 0.25) is 5.91 Å². The molecule has 2 aromatic carbocycles. The van der Waals surface area contributed by atoms with Crippen molar-refractivity contribution >= 4 is 35.2 Å². The van der Waals surface area contributed by atoms with E-state index >= 15 is 0 Å². The molecule has 2 rings (SSSR count). The van der Waals surface area contributed by atoms with Crippen LogP contribution in [0.2, 0.25) is 10.0 Å². The number of halogens is 5. The van der Waals surface area contributed by atoms with Crippen molar-refractivity contribution in [3.8, 4) is 0 Å². The molecule has 2 aromatic rings. The van der Waals surface area contributed by atoms with Gasteiger partial charge in [-0.25, -0.2) is 0 Å². The first-order chi connectivity index (χ1) is 11.8. The monoisotopic (exact) mass is 387 g/mol. The molecule has 0 aliphatic heterocycles. The van der Waals surface area contributed by atoms with Gasteiger partial charge < -0.3 is 5.32 Å². The number of rotatable bonds is 5. The van der Waals surface area contributed by atoms with Gasteiger partial charge in [0.05, 0.1) is 5.56 Å². The van der Waals surface area contributed by atoms with Crippen molar-refractivity contribution in [3.63, 3.8) is 0 Å². The third-order valence-electron chi connectivity index (χ3n) is 3.37. The van der Waals surface area contributed by atoms with Gasteiger partial charge in [-0.05, 0) is 47.9 Å². The summed E-state index contributed by atoms with van der Waals surface area (Å²) in [5.41, 5.74) is 0.671. The zero-order valence-corrected chi connectivity index (χ0v) is 14.4. The Labute approximate surface area is 153 Å². The maximum Gasteiger partial charge on any atom is 0.416 e. The van der Waals surface area contributed by atoms with Crippen molar-refractivity contribution in [2.45, 2.75) is 12.6 Å². The van der Waals surface area contributed by atoms with Crippen LogP contribution in [0.25, 0.3) is 6.08 Å². The third kappa shape index (κ3) is 6.11. The van der Waals surface area contributed by atoms with E-state index in [9.17, 15) is 18.0 Å². The minimum Gasteiger partial charge on any atom is -0.352 e. The molecule has 0 aromatic heterocycles. The van der Waals surface area contributed by atoms with E-state index in [4.69, 9.17) is 23.2 Å². The van der Waals surface area contributed by atoms with Crippen LogP contribution in [0.1, 0.15) is 16.7 Å². The Hall–Kier alpha value is -1.98. The molecule has 0 saturated heterocycles. The van der Waals surface area contributed by atoms with Crippen LogP contribution in [-0.2, 0) is 17.4 Å². The van der Waals surface area contributed by atoms with E-state index in [0.29, 0.717) is 34.1 Å². The highest BCUT2D eigenvalue weighted by atomic mass is 35.5. The molecule has 0 spiro atoms. The maximum atomic E-state index is 12.5. The molecule has 0 radical (unpaired) electrons. The summed E-state index contributed by atoms with van der Waals surface area (Å²) >= 11 is 11.8. The fourth-order valence-electron chi connectivity index (χ4n) is 2.05. The van der Waals surface area contributed by atoms with Gasteiger partial charge in [-0.1, -0.05) is 41.4 Å². The molecule has 7 heteroatoms. The molecule has 0 heterocycles. The summed E-state index contributed by atoms with van der Waals surface area (Å²) in [5.74, 6) is -0.321. The van der Waals surface area contributed by atoms with E-state index in [2.05, 4.69) is 5.32 Å². The molecular formula is C18H14Cl2F3NO. The number of nitrogens with one attached hydrogen (secondary N) is 1. The highest BCUT2D eigenvalue weighted by molar-refractivity contribution is 6.35. The summed E-state index contributed by atoms with van der Waals surface area (Å²) in [6.07, 6.45) is -1.02. The molecule has 2 nitrogen and oxygen atoms in total. The topological polar surface area (TPSA) is 29.1 Å². The zero-order chi connectivity index (χ0) is 18.4. The molecule has 0 atom stereocenters. The molecule has 25 heavy (non-hydrogen) atoms. The summed E-state index contributed by atoms with van der Waals surface area (Å²) in [6, 6.07) is 9.79. The Balaban J connectivity index is 1.83. The molecular weight excluding hydrogens is 374 g/mol. The van der Waals surface area contributed by atoms with Crippen molar-refractivity contribution < 1.29 is 18.0 Å². The minimum absolute atomic E-state index is 0.308.